The third-order valence-electron chi connectivity index (χ3n) is 3.44. The molecule has 0 unspecified atom stereocenters. The number of nitrogens with two attached hydrogens (primary N) is 1. The lowest BCUT2D eigenvalue weighted by Gasteiger charge is -2.36. The maximum atomic E-state index is 9.50. The smallest absolute Gasteiger partial charge is 0.0608 e. The van der Waals surface area contributed by atoms with Crippen molar-refractivity contribution in [2.45, 2.75) is 44.2 Å². The van der Waals surface area contributed by atoms with Crippen LogP contribution in [-0.2, 0) is 12.6 Å². The molecular weight excluding hydrogens is 190 g/mol. The lowest BCUT2D eigenvalue weighted by Crippen LogP contribution is -2.43. The van der Waals surface area contributed by atoms with Gasteiger partial charge in [0.15, 0.2) is 0 Å². The van der Waals surface area contributed by atoms with Crippen molar-refractivity contribution >= 4 is 0 Å². The quantitative estimate of drug-likeness (QED) is 0.719. The summed E-state index contributed by atoms with van der Waals surface area (Å²) < 4.78 is 1.87. The van der Waals surface area contributed by atoms with E-state index in [0.29, 0.717) is 0 Å². The van der Waals surface area contributed by atoms with Crippen LogP contribution in [0, 0.1) is 6.92 Å². The average Bonchev–Trinajstić information content (AvgIpc) is 2.52. The molecule has 0 aromatic carbocycles. The molecule has 1 fully saturated rings. The minimum atomic E-state index is -0.297. The summed E-state index contributed by atoms with van der Waals surface area (Å²) in [6, 6.07) is 0. The molecule has 1 aliphatic carbocycles. The van der Waals surface area contributed by atoms with Gasteiger partial charge in [0.25, 0.3) is 0 Å². The van der Waals surface area contributed by atoms with Gasteiger partial charge < -0.3 is 10.8 Å². The zero-order valence-electron chi connectivity index (χ0n) is 9.40. The molecule has 2 rings (SSSR count). The number of aliphatic hydroxyl groups is 1. The third-order valence-corrected chi connectivity index (χ3v) is 3.44. The van der Waals surface area contributed by atoms with Crippen molar-refractivity contribution in [2.24, 2.45) is 12.8 Å². The SMILES string of the molecule is Cc1cnn(C)c1C1(N)CCC(O)CC1. The average molecular weight is 209 g/mol. The Morgan fingerprint density at radius 1 is 1.53 bits per heavy atom. The van der Waals surface area contributed by atoms with E-state index in [1.54, 1.807) is 0 Å². The van der Waals surface area contributed by atoms with Crippen LogP contribution >= 0.6 is 0 Å². The van der Waals surface area contributed by atoms with Crippen LogP contribution in [0.3, 0.4) is 0 Å². The molecule has 15 heavy (non-hydrogen) atoms. The monoisotopic (exact) mass is 209 g/mol. The molecule has 1 aromatic heterocycles. The number of aliphatic hydroxyl groups excluding tert-OH is 1. The van der Waals surface area contributed by atoms with E-state index in [1.807, 2.05) is 24.9 Å². The molecule has 0 spiro atoms. The highest BCUT2D eigenvalue weighted by Gasteiger charge is 2.35. The summed E-state index contributed by atoms with van der Waals surface area (Å²) in [6.45, 7) is 2.04. The summed E-state index contributed by atoms with van der Waals surface area (Å²) in [4.78, 5) is 0. The molecule has 3 N–H and O–H groups in total. The second kappa shape index (κ2) is 3.61. The van der Waals surface area contributed by atoms with Gasteiger partial charge in [-0.3, -0.25) is 4.68 Å². The van der Waals surface area contributed by atoms with Gasteiger partial charge >= 0.3 is 0 Å². The fourth-order valence-electron chi connectivity index (χ4n) is 2.62. The molecule has 4 nitrogen and oxygen atoms in total. The van der Waals surface area contributed by atoms with Crippen molar-refractivity contribution in [2.75, 3.05) is 0 Å². The van der Waals surface area contributed by atoms with Crippen molar-refractivity contribution in [3.05, 3.63) is 17.5 Å². The van der Waals surface area contributed by atoms with E-state index < -0.39 is 0 Å². The number of aromatic nitrogens is 2. The second-order valence-corrected chi connectivity index (χ2v) is 4.69. The molecule has 0 atom stereocenters. The maximum Gasteiger partial charge on any atom is 0.0608 e. The lowest BCUT2D eigenvalue weighted by atomic mass is 9.78. The van der Waals surface area contributed by atoms with Crippen molar-refractivity contribution in [3.63, 3.8) is 0 Å². The molecule has 0 aliphatic heterocycles. The van der Waals surface area contributed by atoms with Crippen molar-refractivity contribution < 1.29 is 5.11 Å². The summed E-state index contributed by atoms with van der Waals surface area (Å²) in [5.74, 6) is 0. The van der Waals surface area contributed by atoms with Gasteiger partial charge in [0, 0.05) is 7.05 Å². The Bertz CT molecular complexity index is 331. The van der Waals surface area contributed by atoms with Crippen LogP contribution in [0.5, 0.6) is 0 Å². The summed E-state index contributed by atoms with van der Waals surface area (Å²) in [5.41, 5.74) is 8.39. The Morgan fingerprint density at radius 2 is 2.13 bits per heavy atom. The van der Waals surface area contributed by atoms with Crippen LogP contribution in [0.2, 0.25) is 0 Å². The topological polar surface area (TPSA) is 64.1 Å². The molecular formula is C11H19N3O. The van der Waals surface area contributed by atoms with E-state index in [4.69, 9.17) is 5.73 Å². The summed E-state index contributed by atoms with van der Waals surface area (Å²) in [6.07, 6.45) is 4.95. The zero-order valence-corrected chi connectivity index (χ0v) is 9.40. The van der Waals surface area contributed by atoms with E-state index in [2.05, 4.69) is 5.10 Å². The predicted octanol–water partition coefficient (Wildman–Crippen LogP) is 0.817. The van der Waals surface area contributed by atoms with Crippen LogP contribution in [0.1, 0.15) is 36.9 Å². The van der Waals surface area contributed by atoms with Crippen molar-refractivity contribution in [3.8, 4) is 0 Å². The highest BCUT2D eigenvalue weighted by atomic mass is 16.3. The molecule has 1 aromatic rings. The number of aryl methyl sites for hydroxylation is 2. The zero-order chi connectivity index (χ0) is 11.1. The Labute approximate surface area is 90.1 Å². The first-order valence-corrected chi connectivity index (χ1v) is 5.49. The van der Waals surface area contributed by atoms with E-state index in [1.165, 1.54) is 0 Å². The Balaban J connectivity index is 2.30. The second-order valence-electron chi connectivity index (χ2n) is 4.69. The first kappa shape index (κ1) is 10.6. The van der Waals surface area contributed by atoms with Gasteiger partial charge in [0.2, 0.25) is 0 Å². The number of rotatable bonds is 1. The first-order chi connectivity index (χ1) is 7.03. The molecule has 0 bridgehead atoms. The minimum absolute atomic E-state index is 0.171. The van der Waals surface area contributed by atoms with Crippen LogP contribution in [-0.4, -0.2) is 21.0 Å². The fourth-order valence-corrected chi connectivity index (χ4v) is 2.62. The van der Waals surface area contributed by atoms with Crippen LogP contribution in [0.4, 0.5) is 0 Å². The van der Waals surface area contributed by atoms with Crippen LogP contribution < -0.4 is 5.73 Å². The van der Waals surface area contributed by atoms with E-state index >= 15 is 0 Å². The lowest BCUT2D eigenvalue weighted by molar-refractivity contribution is 0.0941. The van der Waals surface area contributed by atoms with E-state index in [-0.39, 0.29) is 11.6 Å². The summed E-state index contributed by atoms with van der Waals surface area (Å²) in [5, 5.41) is 13.7. The van der Waals surface area contributed by atoms with Crippen LogP contribution in [0.15, 0.2) is 6.20 Å². The minimum Gasteiger partial charge on any atom is -0.393 e. The van der Waals surface area contributed by atoms with Gasteiger partial charge in [-0.2, -0.15) is 5.10 Å². The molecule has 1 saturated carbocycles. The first-order valence-electron chi connectivity index (χ1n) is 5.49. The largest absolute Gasteiger partial charge is 0.393 e. The van der Waals surface area contributed by atoms with E-state index in [0.717, 1.165) is 36.9 Å². The molecule has 1 aliphatic rings. The van der Waals surface area contributed by atoms with Crippen molar-refractivity contribution in [1.29, 1.82) is 0 Å². The van der Waals surface area contributed by atoms with Gasteiger partial charge in [0.05, 0.1) is 23.5 Å². The predicted molar refractivity (Wildman–Crippen MR) is 58.3 cm³/mol. The molecule has 84 valence electrons. The molecule has 0 saturated heterocycles. The maximum absolute atomic E-state index is 9.50. The fraction of sp³-hybridized carbons (Fsp3) is 0.727. The standard InChI is InChI=1S/C11H19N3O/c1-8-7-13-14(2)10(8)11(12)5-3-9(15)4-6-11/h7,9,15H,3-6,12H2,1-2H3. The van der Waals surface area contributed by atoms with Gasteiger partial charge in [-0.15, -0.1) is 0 Å². The van der Waals surface area contributed by atoms with Gasteiger partial charge in [0.1, 0.15) is 0 Å². The van der Waals surface area contributed by atoms with Crippen molar-refractivity contribution in [1.82, 2.24) is 9.78 Å². The molecule has 1 heterocycles. The van der Waals surface area contributed by atoms with Gasteiger partial charge in [-0.25, -0.2) is 0 Å². The number of hydrogen-bond donors (Lipinski definition) is 2. The third kappa shape index (κ3) is 1.79. The Hall–Kier alpha value is -0.870. The summed E-state index contributed by atoms with van der Waals surface area (Å²) in [7, 11) is 1.93. The number of nitrogens with zero attached hydrogens (tertiary/aromatic N) is 2. The van der Waals surface area contributed by atoms with Crippen LogP contribution in [0.25, 0.3) is 0 Å². The normalized spacial score (nSPS) is 31.9. The Morgan fingerprint density at radius 3 is 2.60 bits per heavy atom. The molecule has 0 amide bonds. The number of hydrogen-bond acceptors (Lipinski definition) is 3. The molecule has 0 radical (unpaired) electrons. The summed E-state index contributed by atoms with van der Waals surface area (Å²) >= 11 is 0. The Kier molecular flexibility index (Phi) is 2.56. The highest BCUT2D eigenvalue weighted by Crippen LogP contribution is 2.35. The van der Waals surface area contributed by atoms with Gasteiger partial charge in [-0.1, -0.05) is 0 Å². The molecule has 4 heteroatoms. The van der Waals surface area contributed by atoms with E-state index in [9.17, 15) is 5.11 Å². The highest BCUT2D eigenvalue weighted by molar-refractivity contribution is 5.25. The van der Waals surface area contributed by atoms with Gasteiger partial charge in [-0.05, 0) is 38.2 Å².